The topological polar surface area (TPSA) is 51.0 Å². The minimum absolute atomic E-state index is 0.285. The van der Waals surface area contributed by atoms with E-state index in [1.165, 1.54) is 36.5 Å². The van der Waals surface area contributed by atoms with Crippen molar-refractivity contribution >= 4 is 5.91 Å². The molecular formula is C21H28N4O. The SMILES string of the molecule is O=C(CCc1ccccc1)N1CCC(c2nnc3n2CCCCC3)CC1. The number of amides is 1. The number of nitrogens with zero attached hydrogens (tertiary/aromatic N) is 4. The maximum Gasteiger partial charge on any atom is 0.222 e. The number of aromatic nitrogens is 3. The lowest BCUT2D eigenvalue weighted by atomic mass is 9.95. The van der Waals surface area contributed by atoms with Gasteiger partial charge in [0.2, 0.25) is 5.91 Å². The van der Waals surface area contributed by atoms with E-state index in [0.717, 1.165) is 45.3 Å². The molecular weight excluding hydrogens is 324 g/mol. The van der Waals surface area contributed by atoms with Crippen LogP contribution in [-0.2, 0) is 24.2 Å². The Hall–Kier alpha value is -2.17. The third-order valence-corrected chi connectivity index (χ3v) is 5.82. The second kappa shape index (κ2) is 8.02. The van der Waals surface area contributed by atoms with Gasteiger partial charge in [-0.3, -0.25) is 4.79 Å². The van der Waals surface area contributed by atoms with Crippen molar-refractivity contribution in [2.24, 2.45) is 0 Å². The second-order valence-corrected chi connectivity index (χ2v) is 7.58. The predicted molar refractivity (Wildman–Crippen MR) is 101 cm³/mol. The Labute approximate surface area is 155 Å². The zero-order valence-corrected chi connectivity index (χ0v) is 15.4. The molecule has 0 saturated carbocycles. The lowest BCUT2D eigenvalue weighted by molar-refractivity contribution is -0.132. The van der Waals surface area contributed by atoms with E-state index in [-0.39, 0.29) is 5.91 Å². The summed E-state index contributed by atoms with van der Waals surface area (Å²) in [5.74, 6) is 3.07. The summed E-state index contributed by atoms with van der Waals surface area (Å²) in [6.07, 6.45) is 8.26. The first kappa shape index (κ1) is 17.3. The molecule has 2 aliphatic heterocycles. The fraction of sp³-hybridized carbons (Fsp3) is 0.571. The maximum absolute atomic E-state index is 12.5. The van der Waals surface area contributed by atoms with Crippen LogP contribution in [0.1, 0.15) is 61.7 Å². The average Bonchev–Trinajstić information content (AvgIpc) is 2.95. The van der Waals surface area contributed by atoms with Crippen molar-refractivity contribution in [1.29, 1.82) is 0 Å². The molecule has 1 aromatic carbocycles. The lowest BCUT2D eigenvalue weighted by Crippen LogP contribution is -2.38. The van der Waals surface area contributed by atoms with Crippen LogP contribution in [0.3, 0.4) is 0 Å². The molecule has 0 aliphatic carbocycles. The summed E-state index contributed by atoms with van der Waals surface area (Å²) in [4.78, 5) is 14.6. The number of hydrogen-bond donors (Lipinski definition) is 0. The van der Waals surface area contributed by atoms with Gasteiger partial charge in [-0.05, 0) is 37.7 Å². The second-order valence-electron chi connectivity index (χ2n) is 7.58. The fourth-order valence-electron chi connectivity index (χ4n) is 4.25. The van der Waals surface area contributed by atoms with Crippen molar-refractivity contribution in [2.75, 3.05) is 13.1 Å². The summed E-state index contributed by atoms with van der Waals surface area (Å²) < 4.78 is 2.37. The van der Waals surface area contributed by atoms with Gasteiger partial charge in [-0.15, -0.1) is 10.2 Å². The van der Waals surface area contributed by atoms with Gasteiger partial charge in [0.15, 0.2) is 0 Å². The average molecular weight is 352 g/mol. The quantitative estimate of drug-likeness (QED) is 0.848. The molecule has 0 unspecified atom stereocenters. The van der Waals surface area contributed by atoms with Crippen LogP contribution < -0.4 is 0 Å². The van der Waals surface area contributed by atoms with Crippen molar-refractivity contribution in [3.05, 3.63) is 47.5 Å². The monoisotopic (exact) mass is 352 g/mol. The highest BCUT2D eigenvalue weighted by atomic mass is 16.2. The van der Waals surface area contributed by atoms with E-state index >= 15 is 0 Å². The highest BCUT2D eigenvalue weighted by Crippen LogP contribution is 2.29. The van der Waals surface area contributed by atoms with E-state index in [1.54, 1.807) is 0 Å². The number of aryl methyl sites for hydroxylation is 2. The van der Waals surface area contributed by atoms with E-state index in [0.29, 0.717) is 12.3 Å². The molecule has 138 valence electrons. The third-order valence-electron chi connectivity index (χ3n) is 5.82. The third kappa shape index (κ3) is 3.81. The van der Waals surface area contributed by atoms with E-state index < -0.39 is 0 Å². The van der Waals surface area contributed by atoms with E-state index in [1.807, 2.05) is 23.1 Å². The highest BCUT2D eigenvalue weighted by Gasteiger charge is 2.28. The van der Waals surface area contributed by atoms with Gasteiger partial charge >= 0.3 is 0 Å². The van der Waals surface area contributed by atoms with Crippen LogP contribution in [0.4, 0.5) is 0 Å². The van der Waals surface area contributed by atoms with Gasteiger partial charge in [-0.1, -0.05) is 36.8 Å². The number of carbonyl (C=O) groups excluding carboxylic acids is 1. The van der Waals surface area contributed by atoms with Gasteiger partial charge in [0.25, 0.3) is 0 Å². The summed E-state index contributed by atoms with van der Waals surface area (Å²) in [7, 11) is 0. The summed E-state index contributed by atoms with van der Waals surface area (Å²) in [5, 5.41) is 8.96. The highest BCUT2D eigenvalue weighted by molar-refractivity contribution is 5.76. The predicted octanol–water partition coefficient (Wildman–Crippen LogP) is 3.34. The van der Waals surface area contributed by atoms with Gasteiger partial charge < -0.3 is 9.47 Å². The Morgan fingerprint density at radius 1 is 1.00 bits per heavy atom. The van der Waals surface area contributed by atoms with Crippen molar-refractivity contribution in [1.82, 2.24) is 19.7 Å². The molecule has 5 nitrogen and oxygen atoms in total. The molecule has 3 heterocycles. The minimum Gasteiger partial charge on any atom is -0.343 e. The van der Waals surface area contributed by atoms with Crippen molar-refractivity contribution in [3.8, 4) is 0 Å². The first-order valence-corrected chi connectivity index (χ1v) is 10.0. The fourth-order valence-corrected chi connectivity index (χ4v) is 4.25. The van der Waals surface area contributed by atoms with Crippen LogP contribution >= 0.6 is 0 Å². The van der Waals surface area contributed by atoms with Gasteiger partial charge in [-0.25, -0.2) is 0 Å². The first-order chi connectivity index (χ1) is 12.8. The smallest absolute Gasteiger partial charge is 0.222 e. The van der Waals surface area contributed by atoms with Gasteiger partial charge in [0, 0.05) is 38.4 Å². The molecule has 0 N–H and O–H groups in total. The number of benzene rings is 1. The van der Waals surface area contributed by atoms with Gasteiger partial charge in [-0.2, -0.15) is 0 Å². The number of piperidine rings is 1. The van der Waals surface area contributed by atoms with E-state index in [2.05, 4.69) is 26.9 Å². The number of rotatable bonds is 4. The summed E-state index contributed by atoms with van der Waals surface area (Å²) >= 11 is 0. The molecule has 1 saturated heterocycles. The Morgan fingerprint density at radius 3 is 2.62 bits per heavy atom. The molecule has 1 fully saturated rings. The van der Waals surface area contributed by atoms with Crippen molar-refractivity contribution in [2.45, 2.75) is 63.8 Å². The molecule has 2 aromatic rings. The van der Waals surface area contributed by atoms with Crippen molar-refractivity contribution in [3.63, 3.8) is 0 Å². The Balaban J connectivity index is 1.31. The molecule has 1 aromatic heterocycles. The summed E-state index contributed by atoms with van der Waals surface area (Å²) in [5.41, 5.74) is 1.24. The Kier molecular flexibility index (Phi) is 5.32. The Bertz CT molecular complexity index is 732. The number of hydrogen-bond acceptors (Lipinski definition) is 3. The van der Waals surface area contributed by atoms with Gasteiger partial charge in [0.05, 0.1) is 0 Å². The molecule has 26 heavy (non-hydrogen) atoms. The molecule has 0 spiro atoms. The summed E-state index contributed by atoms with van der Waals surface area (Å²) in [6, 6.07) is 10.3. The van der Waals surface area contributed by atoms with Crippen LogP contribution in [-0.4, -0.2) is 38.7 Å². The zero-order chi connectivity index (χ0) is 17.8. The zero-order valence-electron chi connectivity index (χ0n) is 15.4. The van der Waals surface area contributed by atoms with E-state index in [9.17, 15) is 4.79 Å². The number of fused-ring (bicyclic) bond motifs is 1. The molecule has 2 aliphatic rings. The number of likely N-dealkylation sites (tertiary alicyclic amines) is 1. The summed E-state index contributed by atoms with van der Waals surface area (Å²) in [6.45, 7) is 2.76. The maximum atomic E-state index is 12.5. The molecule has 5 heteroatoms. The van der Waals surface area contributed by atoms with Crippen molar-refractivity contribution < 1.29 is 4.79 Å². The standard InChI is InChI=1S/C21H28N4O/c26-20(11-10-17-7-3-1-4-8-17)24-15-12-18(13-16-24)21-23-22-19-9-5-2-6-14-25(19)21/h1,3-4,7-8,18H,2,5-6,9-16H2. The largest absolute Gasteiger partial charge is 0.343 e. The number of carbonyl (C=O) groups is 1. The first-order valence-electron chi connectivity index (χ1n) is 10.0. The molecule has 0 radical (unpaired) electrons. The van der Waals surface area contributed by atoms with Crippen LogP contribution in [0.15, 0.2) is 30.3 Å². The minimum atomic E-state index is 0.285. The van der Waals surface area contributed by atoms with Crippen LogP contribution in [0.2, 0.25) is 0 Å². The van der Waals surface area contributed by atoms with Gasteiger partial charge in [0.1, 0.15) is 11.6 Å². The van der Waals surface area contributed by atoms with Crippen LogP contribution in [0.25, 0.3) is 0 Å². The normalized spacial score (nSPS) is 18.4. The molecule has 4 rings (SSSR count). The molecule has 0 atom stereocenters. The Morgan fingerprint density at radius 2 is 1.81 bits per heavy atom. The van der Waals surface area contributed by atoms with E-state index in [4.69, 9.17) is 0 Å². The molecule has 1 amide bonds. The van der Waals surface area contributed by atoms with Crippen LogP contribution in [0.5, 0.6) is 0 Å². The molecule has 0 bridgehead atoms. The lowest BCUT2D eigenvalue weighted by Gasteiger charge is -2.32. The van der Waals surface area contributed by atoms with Crippen LogP contribution in [0, 0.1) is 0 Å².